The zero-order chi connectivity index (χ0) is 12.5. The Bertz CT molecular complexity index is 271. The van der Waals surface area contributed by atoms with E-state index in [1.165, 1.54) is 4.88 Å². The highest BCUT2D eigenvalue weighted by atomic mass is 32.1. The highest BCUT2D eigenvalue weighted by molar-refractivity contribution is 7.09. The lowest BCUT2D eigenvalue weighted by Gasteiger charge is -2.27. The third-order valence-corrected chi connectivity index (χ3v) is 3.58. The Morgan fingerprint density at radius 2 is 2.24 bits per heavy atom. The van der Waals surface area contributed by atoms with Crippen LogP contribution in [0.2, 0.25) is 0 Å². The zero-order valence-electron chi connectivity index (χ0n) is 11.1. The molecule has 0 saturated carbocycles. The quantitative estimate of drug-likeness (QED) is 0.737. The summed E-state index contributed by atoms with van der Waals surface area (Å²) in [5.74, 6) is 0. The van der Waals surface area contributed by atoms with Gasteiger partial charge >= 0.3 is 0 Å². The number of hydrogen-bond donors (Lipinski definition) is 1. The standard InChI is InChI=1S/C13H24N2OS/c1-4-7-13(16-6-3)12(15-5-2)8-11-9-14-10-17-11/h9-10,12-13,15H,4-8H2,1-3H3. The summed E-state index contributed by atoms with van der Waals surface area (Å²) in [5, 5.41) is 3.54. The van der Waals surface area contributed by atoms with E-state index in [1.807, 2.05) is 11.7 Å². The molecule has 2 unspecified atom stereocenters. The van der Waals surface area contributed by atoms with Crippen molar-refractivity contribution in [1.82, 2.24) is 10.3 Å². The summed E-state index contributed by atoms with van der Waals surface area (Å²) in [4.78, 5) is 5.47. The van der Waals surface area contributed by atoms with Crippen molar-refractivity contribution in [1.29, 1.82) is 0 Å². The minimum Gasteiger partial charge on any atom is -0.377 e. The van der Waals surface area contributed by atoms with Crippen molar-refractivity contribution in [2.75, 3.05) is 13.2 Å². The van der Waals surface area contributed by atoms with Crippen LogP contribution in [0, 0.1) is 0 Å². The van der Waals surface area contributed by atoms with Gasteiger partial charge in [-0.05, 0) is 19.9 Å². The third-order valence-electron chi connectivity index (χ3n) is 2.77. The van der Waals surface area contributed by atoms with Crippen LogP contribution in [-0.4, -0.2) is 30.3 Å². The van der Waals surface area contributed by atoms with Gasteiger partial charge in [0.25, 0.3) is 0 Å². The van der Waals surface area contributed by atoms with Gasteiger partial charge in [-0.1, -0.05) is 20.3 Å². The molecule has 17 heavy (non-hydrogen) atoms. The Labute approximate surface area is 109 Å². The second-order valence-corrected chi connectivity index (χ2v) is 5.09. The maximum Gasteiger partial charge on any atom is 0.0794 e. The lowest BCUT2D eigenvalue weighted by molar-refractivity contribution is 0.0287. The lowest BCUT2D eigenvalue weighted by Crippen LogP contribution is -2.42. The van der Waals surface area contributed by atoms with Crippen molar-refractivity contribution in [3.8, 4) is 0 Å². The Morgan fingerprint density at radius 1 is 1.41 bits per heavy atom. The molecule has 0 radical (unpaired) electrons. The molecule has 1 N–H and O–H groups in total. The fourth-order valence-corrected chi connectivity index (χ4v) is 2.71. The summed E-state index contributed by atoms with van der Waals surface area (Å²) in [6.07, 6.45) is 5.57. The first-order chi connectivity index (χ1) is 8.31. The van der Waals surface area contributed by atoms with Crippen LogP contribution in [0.3, 0.4) is 0 Å². The van der Waals surface area contributed by atoms with Crippen LogP contribution in [0.25, 0.3) is 0 Å². The minimum absolute atomic E-state index is 0.312. The molecule has 3 nitrogen and oxygen atoms in total. The van der Waals surface area contributed by atoms with Crippen LogP contribution in [0.4, 0.5) is 0 Å². The van der Waals surface area contributed by atoms with Gasteiger partial charge in [0, 0.05) is 30.1 Å². The van der Waals surface area contributed by atoms with E-state index in [4.69, 9.17) is 4.74 Å². The van der Waals surface area contributed by atoms with Gasteiger partial charge in [-0.2, -0.15) is 0 Å². The molecule has 0 spiro atoms. The molecular weight excluding hydrogens is 232 g/mol. The van der Waals surface area contributed by atoms with Gasteiger partial charge in [0.1, 0.15) is 0 Å². The maximum atomic E-state index is 5.87. The number of hydrogen-bond acceptors (Lipinski definition) is 4. The Hall–Kier alpha value is -0.450. The molecule has 1 aromatic rings. The van der Waals surface area contributed by atoms with Gasteiger partial charge in [0.05, 0.1) is 11.6 Å². The van der Waals surface area contributed by atoms with E-state index >= 15 is 0 Å². The highest BCUT2D eigenvalue weighted by Crippen LogP contribution is 2.15. The normalized spacial score (nSPS) is 14.8. The van der Waals surface area contributed by atoms with Crippen LogP contribution < -0.4 is 5.32 Å². The molecule has 4 heteroatoms. The van der Waals surface area contributed by atoms with E-state index in [1.54, 1.807) is 11.3 Å². The number of likely N-dealkylation sites (N-methyl/N-ethyl adjacent to an activating group) is 1. The predicted octanol–water partition coefficient (Wildman–Crippen LogP) is 2.87. The second kappa shape index (κ2) is 8.61. The van der Waals surface area contributed by atoms with Crippen molar-refractivity contribution in [2.24, 2.45) is 0 Å². The first-order valence-electron chi connectivity index (χ1n) is 6.54. The summed E-state index contributed by atoms with van der Waals surface area (Å²) in [5.41, 5.74) is 1.90. The third kappa shape index (κ3) is 5.15. The number of aromatic nitrogens is 1. The van der Waals surface area contributed by atoms with Crippen molar-refractivity contribution in [2.45, 2.75) is 52.2 Å². The van der Waals surface area contributed by atoms with Crippen molar-refractivity contribution < 1.29 is 4.74 Å². The van der Waals surface area contributed by atoms with E-state index in [0.717, 1.165) is 32.4 Å². The molecule has 0 aliphatic heterocycles. The minimum atomic E-state index is 0.312. The monoisotopic (exact) mass is 256 g/mol. The summed E-state index contributed by atoms with van der Waals surface area (Å²) in [6.45, 7) is 8.20. The van der Waals surface area contributed by atoms with E-state index in [-0.39, 0.29) is 0 Å². The SMILES string of the molecule is CCCC(OCC)C(Cc1cncs1)NCC. The first-order valence-corrected chi connectivity index (χ1v) is 7.42. The van der Waals surface area contributed by atoms with Crippen LogP contribution in [-0.2, 0) is 11.2 Å². The van der Waals surface area contributed by atoms with E-state index in [2.05, 4.69) is 31.1 Å². The molecule has 0 aliphatic carbocycles. The van der Waals surface area contributed by atoms with Gasteiger partial charge in [0.2, 0.25) is 0 Å². The van der Waals surface area contributed by atoms with Gasteiger partial charge in [-0.25, -0.2) is 0 Å². The molecule has 1 heterocycles. The summed E-state index contributed by atoms with van der Waals surface area (Å²) in [6, 6.07) is 0.403. The Morgan fingerprint density at radius 3 is 2.76 bits per heavy atom. The highest BCUT2D eigenvalue weighted by Gasteiger charge is 2.21. The molecule has 0 aliphatic rings. The molecule has 0 saturated heterocycles. The molecule has 0 fully saturated rings. The Balaban J connectivity index is 2.60. The van der Waals surface area contributed by atoms with Gasteiger partial charge in [-0.15, -0.1) is 11.3 Å². The van der Waals surface area contributed by atoms with E-state index in [0.29, 0.717) is 12.1 Å². The molecule has 1 rings (SSSR count). The second-order valence-electron chi connectivity index (χ2n) is 4.12. The number of nitrogens with one attached hydrogen (secondary N) is 1. The van der Waals surface area contributed by atoms with Gasteiger partial charge < -0.3 is 10.1 Å². The fraction of sp³-hybridized carbons (Fsp3) is 0.769. The fourth-order valence-electron chi connectivity index (χ4n) is 2.06. The molecular formula is C13H24N2OS. The maximum absolute atomic E-state index is 5.87. The average molecular weight is 256 g/mol. The number of nitrogens with zero attached hydrogens (tertiary/aromatic N) is 1. The van der Waals surface area contributed by atoms with E-state index in [9.17, 15) is 0 Å². The van der Waals surface area contributed by atoms with E-state index < -0.39 is 0 Å². The predicted molar refractivity (Wildman–Crippen MR) is 73.6 cm³/mol. The molecule has 1 aromatic heterocycles. The molecule has 0 aromatic carbocycles. The average Bonchev–Trinajstić information content (AvgIpc) is 2.81. The molecule has 0 amide bonds. The summed E-state index contributed by atoms with van der Waals surface area (Å²) >= 11 is 1.72. The topological polar surface area (TPSA) is 34.1 Å². The number of ether oxygens (including phenoxy) is 1. The summed E-state index contributed by atoms with van der Waals surface area (Å²) < 4.78 is 5.87. The van der Waals surface area contributed by atoms with Crippen molar-refractivity contribution >= 4 is 11.3 Å². The van der Waals surface area contributed by atoms with Gasteiger partial charge in [0.15, 0.2) is 0 Å². The summed E-state index contributed by atoms with van der Waals surface area (Å²) in [7, 11) is 0. The van der Waals surface area contributed by atoms with Crippen LogP contribution in [0.5, 0.6) is 0 Å². The van der Waals surface area contributed by atoms with Crippen molar-refractivity contribution in [3.63, 3.8) is 0 Å². The van der Waals surface area contributed by atoms with Crippen LogP contribution in [0.15, 0.2) is 11.7 Å². The van der Waals surface area contributed by atoms with Crippen LogP contribution >= 0.6 is 11.3 Å². The lowest BCUT2D eigenvalue weighted by atomic mass is 10.0. The number of rotatable bonds is 9. The largest absolute Gasteiger partial charge is 0.377 e. The van der Waals surface area contributed by atoms with Gasteiger partial charge in [-0.3, -0.25) is 4.98 Å². The first kappa shape index (κ1) is 14.6. The molecule has 98 valence electrons. The molecule has 2 atom stereocenters. The smallest absolute Gasteiger partial charge is 0.0794 e. The molecule has 0 bridgehead atoms. The zero-order valence-corrected chi connectivity index (χ0v) is 11.9. The Kier molecular flexibility index (Phi) is 7.40. The number of thiazole rings is 1. The van der Waals surface area contributed by atoms with Crippen LogP contribution in [0.1, 0.15) is 38.5 Å². The van der Waals surface area contributed by atoms with Crippen molar-refractivity contribution in [3.05, 3.63) is 16.6 Å².